The van der Waals surface area contributed by atoms with Gasteiger partial charge in [0.2, 0.25) is 5.91 Å². The quantitative estimate of drug-likeness (QED) is 0.862. The van der Waals surface area contributed by atoms with Gasteiger partial charge < -0.3 is 5.32 Å². The summed E-state index contributed by atoms with van der Waals surface area (Å²) in [5, 5.41) is 11.6. The summed E-state index contributed by atoms with van der Waals surface area (Å²) in [7, 11) is 1.88. The molecule has 3 rings (SSSR count). The second-order valence-electron chi connectivity index (χ2n) is 6.28. The summed E-state index contributed by atoms with van der Waals surface area (Å²) in [6.45, 7) is 6.21. The monoisotopic (exact) mass is 273 g/mol. The van der Waals surface area contributed by atoms with E-state index in [1.807, 2.05) is 30.3 Å². The number of anilines is 1. The van der Waals surface area contributed by atoms with Crippen LogP contribution in [0, 0.1) is 0 Å². The zero-order valence-corrected chi connectivity index (χ0v) is 12.2. The number of carbonyl (C=O) groups is 1. The molecular formula is C14H19N5O. The number of fused-ring (bicyclic) bond motifs is 1. The maximum atomic E-state index is 12.0. The van der Waals surface area contributed by atoms with Gasteiger partial charge in [0.15, 0.2) is 0 Å². The van der Waals surface area contributed by atoms with E-state index < -0.39 is 0 Å². The first-order chi connectivity index (χ1) is 9.36. The van der Waals surface area contributed by atoms with E-state index in [4.69, 9.17) is 0 Å². The maximum Gasteiger partial charge on any atom is 0.226 e. The van der Waals surface area contributed by atoms with Crippen LogP contribution in [-0.2, 0) is 17.4 Å². The van der Waals surface area contributed by atoms with Gasteiger partial charge in [0.05, 0.1) is 17.9 Å². The fourth-order valence-electron chi connectivity index (χ4n) is 2.65. The van der Waals surface area contributed by atoms with Crippen LogP contribution in [0.2, 0.25) is 0 Å². The molecule has 1 atom stereocenters. The minimum atomic E-state index is -0.169. The van der Waals surface area contributed by atoms with Crippen LogP contribution >= 0.6 is 0 Å². The number of nitrogens with one attached hydrogen (secondary N) is 1. The van der Waals surface area contributed by atoms with Crippen LogP contribution in [0.25, 0.3) is 0 Å². The van der Waals surface area contributed by atoms with Crippen molar-refractivity contribution < 1.29 is 4.79 Å². The van der Waals surface area contributed by atoms with Crippen LogP contribution in [0.5, 0.6) is 0 Å². The molecule has 0 aliphatic carbocycles. The van der Waals surface area contributed by atoms with E-state index >= 15 is 0 Å². The summed E-state index contributed by atoms with van der Waals surface area (Å²) in [5.41, 5.74) is 1.95. The van der Waals surface area contributed by atoms with Gasteiger partial charge >= 0.3 is 0 Å². The van der Waals surface area contributed by atoms with E-state index in [1.165, 1.54) is 0 Å². The van der Waals surface area contributed by atoms with Gasteiger partial charge in [-0.1, -0.05) is 0 Å². The molecule has 1 N–H and O–H groups in total. The SMILES string of the molecule is Cn1cc(C2CC(=O)Nc3c2cnn3C(C)(C)C)cn1. The average molecular weight is 273 g/mol. The van der Waals surface area contributed by atoms with E-state index in [0.29, 0.717) is 6.42 Å². The predicted octanol–water partition coefficient (Wildman–Crippen LogP) is 1.85. The summed E-state index contributed by atoms with van der Waals surface area (Å²) in [5.74, 6) is 0.864. The second-order valence-corrected chi connectivity index (χ2v) is 6.28. The molecule has 6 nitrogen and oxygen atoms in total. The molecule has 1 unspecified atom stereocenters. The number of carbonyl (C=O) groups excluding carboxylic acids is 1. The normalized spacial score (nSPS) is 18.8. The van der Waals surface area contributed by atoms with Gasteiger partial charge in [-0.2, -0.15) is 10.2 Å². The molecule has 3 heterocycles. The lowest BCUT2D eigenvalue weighted by atomic mass is 9.89. The molecule has 1 aliphatic heterocycles. The molecule has 0 saturated carbocycles. The summed E-state index contributed by atoms with van der Waals surface area (Å²) in [6, 6.07) is 0. The van der Waals surface area contributed by atoms with Crippen molar-refractivity contribution in [3.63, 3.8) is 0 Å². The molecule has 0 aromatic carbocycles. The Kier molecular flexibility index (Phi) is 2.70. The van der Waals surface area contributed by atoms with Crippen molar-refractivity contribution in [1.82, 2.24) is 19.6 Å². The molecular weight excluding hydrogens is 254 g/mol. The highest BCUT2D eigenvalue weighted by Crippen LogP contribution is 2.38. The zero-order valence-electron chi connectivity index (χ0n) is 12.2. The molecule has 1 aliphatic rings. The lowest BCUT2D eigenvalue weighted by Crippen LogP contribution is -2.30. The highest BCUT2D eigenvalue weighted by atomic mass is 16.1. The predicted molar refractivity (Wildman–Crippen MR) is 75.5 cm³/mol. The van der Waals surface area contributed by atoms with Gasteiger partial charge in [0.25, 0.3) is 0 Å². The first kappa shape index (κ1) is 12.9. The van der Waals surface area contributed by atoms with Crippen molar-refractivity contribution >= 4 is 11.7 Å². The highest BCUT2D eigenvalue weighted by molar-refractivity contribution is 5.94. The Bertz CT molecular complexity index is 661. The molecule has 0 saturated heterocycles. The van der Waals surface area contributed by atoms with Crippen LogP contribution < -0.4 is 5.32 Å². The number of hydrogen-bond donors (Lipinski definition) is 1. The third-order valence-corrected chi connectivity index (χ3v) is 3.58. The van der Waals surface area contributed by atoms with Crippen molar-refractivity contribution in [1.29, 1.82) is 0 Å². The van der Waals surface area contributed by atoms with E-state index in [9.17, 15) is 4.79 Å². The Balaban J connectivity index is 2.10. The minimum absolute atomic E-state index is 0.0253. The smallest absolute Gasteiger partial charge is 0.226 e. The third-order valence-electron chi connectivity index (χ3n) is 3.58. The van der Waals surface area contributed by atoms with Crippen LogP contribution in [0.3, 0.4) is 0 Å². The summed E-state index contributed by atoms with van der Waals surface area (Å²) in [6.07, 6.45) is 6.08. The Labute approximate surface area is 117 Å². The fourth-order valence-corrected chi connectivity index (χ4v) is 2.65. The van der Waals surface area contributed by atoms with Gasteiger partial charge in [-0.15, -0.1) is 0 Å². The molecule has 2 aromatic heterocycles. The molecule has 106 valence electrons. The van der Waals surface area contributed by atoms with Crippen molar-refractivity contribution in [3.05, 3.63) is 29.7 Å². The van der Waals surface area contributed by atoms with Crippen LogP contribution in [0.1, 0.15) is 44.2 Å². The van der Waals surface area contributed by atoms with Gasteiger partial charge in [-0.3, -0.25) is 9.48 Å². The lowest BCUT2D eigenvalue weighted by molar-refractivity contribution is -0.116. The van der Waals surface area contributed by atoms with E-state index in [2.05, 4.69) is 36.3 Å². The first-order valence-electron chi connectivity index (χ1n) is 6.73. The number of aryl methyl sites for hydroxylation is 1. The van der Waals surface area contributed by atoms with Crippen LogP contribution in [-0.4, -0.2) is 25.5 Å². The topological polar surface area (TPSA) is 64.7 Å². The minimum Gasteiger partial charge on any atom is -0.311 e. The molecule has 20 heavy (non-hydrogen) atoms. The Morgan fingerprint density at radius 1 is 1.30 bits per heavy atom. The van der Waals surface area contributed by atoms with Gasteiger partial charge in [0.1, 0.15) is 5.82 Å². The standard InChI is InChI=1S/C14H19N5O/c1-14(2,3)19-13-11(7-16-19)10(5-12(20)17-13)9-6-15-18(4)8-9/h6-8,10H,5H2,1-4H3,(H,17,20). The third kappa shape index (κ3) is 2.01. The molecule has 0 fully saturated rings. The summed E-state index contributed by atoms with van der Waals surface area (Å²) < 4.78 is 3.64. The Morgan fingerprint density at radius 3 is 2.65 bits per heavy atom. The van der Waals surface area contributed by atoms with Crippen molar-refractivity contribution in [2.24, 2.45) is 7.05 Å². The molecule has 2 aromatic rings. The van der Waals surface area contributed by atoms with Crippen molar-refractivity contribution in [2.75, 3.05) is 5.32 Å². The van der Waals surface area contributed by atoms with E-state index in [0.717, 1.165) is 16.9 Å². The second kappa shape index (κ2) is 4.19. The van der Waals surface area contributed by atoms with E-state index in [-0.39, 0.29) is 17.4 Å². The Morgan fingerprint density at radius 2 is 2.05 bits per heavy atom. The molecule has 0 bridgehead atoms. The fraction of sp³-hybridized carbons (Fsp3) is 0.500. The van der Waals surface area contributed by atoms with Gasteiger partial charge in [0, 0.05) is 31.1 Å². The maximum absolute atomic E-state index is 12.0. The number of hydrogen-bond acceptors (Lipinski definition) is 3. The van der Waals surface area contributed by atoms with Crippen LogP contribution in [0.4, 0.5) is 5.82 Å². The molecule has 0 spiro atoms. The summed E-state index contributed by atoms with van der Waals surface area (Å²) in [4.78, 5) is 12.0. The number of nitrogens with zero attached hydrogens (tertiary/aromatic N) is 4. The first-order valence-corrected chi connectivity index (χ1v) is 6.73. The van der Waals surface area contributed by atoms with Gasteiger partial charge in [-0.05, 0) is 26.3 Å². The molecule has 1 amide bonds. The van der Waals surface area contributed by atoms with Gasteiger partial charge in [-0.25, -0.2) is 4.68 Å². The van der Waals surface area contributed by atoms with Crippen LogP contribution in [0.15, 0.2) is 18.6 Å². The largest absolute Gasteiger partial charge is 0.311 e. The average Bonchev–Trinajstić information content (AvgIpc) is 2.93. The zero-order chi connectivity index (χ0) is 14.5. The summed E-state index contributed by atoms with van der Waals surface area (Å²) >= 11 is 0. The molecule has 6 heteroatoms. The van der Waals surface area contributed by atoms with E-state index in [1.54, 1.807) is 4.68 Å². The molecule has 0 radical (unpaired) electrons. The number of amides is 1. The number of aromatic nitrogens is 4. The lowest BCUT2D eigenvalue weighted by Gasteiger charge is -2.27. The number of rotatable bonds is 1. The van der Waals surface area contributed by atoms with Crippen molar-refractivity contribution in [2.45, 2.75) is 38.6 Å². The van der Waals surface area contributed by atoms with Crippen molar-refractivity contribution in [3.8, 4) is 0 Å². The Hall–Kier alpha value is -2.11. The highest BCUT2D eigenvalue weighted by Gasteiger charge is 2.33.